The van der Waals surface area contributed by atoms with Gasteiger partial charge in [0.1, 0.15) is 5.41 Å². The highest BCUT2D eigenvalue weighted by molar-refractivity contribution is 7.92. The van der Waals surface area contributed by atoms with Crippen molar-refractivity contribution in [1.29, 1.82) is 0 Å². The number of carboxylic acids is 1. The predicted molar refractivity (Wildman–Crippen MR) is 79.1 cm³/mol. The fourth-order valence-corrected chi connectivity index (χ4v) is 5.14. The second-order valence-electron chi connectivity index (χ2n) is 5.54. The van der Waals surface area contributed by atoms with E-state index in [0.29, 0.717) is 0 Å². The SMILES string of the molecule is CCS(=O)(=O)[C@@H]1[C@H](c2ccc(C)cc2)[C@]1(COC)C(=O)O. The highest BCUT2D eigenvalue weighted by atomic mass is 32.2. The maximum atomic E-state index is 12.3. The van der Waals surface area contributed by atoms with Crippen molar-refractivity contribution >= 4 is 15.8 Å². The molecule has 0 unspecified atom stereocenters. The lowest BCUT2D eigenvalue weighted by molar-refractivity contribution is -0.145. The smallest absolute Gasteiger partial charge is 0.314 e. The highest BCUT2D eigenvalue weighted by Crippen LogP contribution is 2.63. The summed E-state index contributed by atoms with van der Waals surface area (Å²) in [5, 5.41) is 8.68. The van der Waals surface area contributed by atoms with Crippen LogP contribution in [0.4, 0.5) is 0 Å². The summed E-state index contributed by atoms with van der Waals surface area (Å²) < 4.78 is 29.6. The van der Waals surface area contributed by atoms with Gasteiger partial charge < -0.3 is 9.84 Å². The number of carbonyl (C=O) groups is 1. The number of carboxylic acid groups (broad SMARTS) is 1. The van der Waals surface area contributed by atoms with Crippen LogP contribution in [0.15, 0.2) is 24.3 Å². The molecule has 21 heavy (non-hydrogen) atoms. The molecule has 0 radical (unpaired) electrons. The number of hydrogen-bond donors (Lipinski definition) is 1. The third kappa shape index (κ3) is 2.46. The molecule has 0 spiro atoms. The van der Waals surface area contributed by atoms with E-state index >= 15 is 0 Å². The summed E-state index contributed by atoms with van der Waals surface area (Å²) in [6.07, 6.45) is 0. The largest absolute Gasteiger partial charge is 0.481 e. The van der Waals surface area contributed by atoms with E-state index in [-0.39, 0.29) is 12.4 Å². The molecule has 6 heteroatoms. The van der Waals surface area contributed by atoms with Gasteiger partial charge in [0.25, 0.3) is 0 Å². The van der Waals surface area contributed by atoms with E-state index in [0.717, 1.165) is 11.1 Å². The molecule has 2 rings (SSSR count). The van der Waals surface area contributed by atoms with E-state index in [2.05, 4.69) is 0 Å². The van der Waals surface area contributed by atoms with Gasteiger partial charge in [-0.3, -0.25) is 4.79 Å². The highest BCUT2D eigenvalue weighted by Gasteiger charge is 2.75. The monoisotopic (exact) mass is 312 g/mol. The maximum Gasteiger partial charge on any atom is 0.314 e. The minimum absolute atomic E-state index is 0.0707. The van der Waals surface area contributed by atoms with Crippen LogP contribution in [0.2, 0.25) is 0 Å². The molecule has 0 aromatic heterocycles. The van der Waals surface area contributed by atoms with Gasteiger partial charge in [0.15, 0.2) is 9.84 Å². The molecule has 116 valence electrons. The zero-order valence-corrected chi connectivity index (χ0v) is 13.2. The average molecular weight is 312 g/mol. The van der Waals surface area contributed by atoms with Gasteiger partial charge >= 0.3 is 5.97 Å². The van der Waals surface area contributed by atoms with E-state index in [4.69, 9.17) is 4.74 Å². The Morgan fingerprint density at radius 1 is 1.33 bits per heavy atom. The summed E-state index contributed by atoms with van der Waals surface area (Å²) in [4.78, 5) is 11.8. The quantitative estimate of drug-likeness (QED) is 0.863. The summed E-state index contributed by atoms with van der Waals surface area (Å²) in [7, 11) is -2.07. The van der Waals surface area contributed by atoms with Crippen molar-refractivity contribution in [3.63, 3.8) is 0 Å². The topological polar surface area (TPSA) is 80.7 Å². The van der Waals surface area contributed by atoms with Crippen LogP contribution in [0.1, 0.15) is 24.0 Å². The van der Waals surface area contributed by atoms with Gasteiger partial charge in [0.2, 0.25) is 0 Å². The molecule has 1 N–H and O–H groups in total. The minimum atomic E-state index is -3.47. The van der Waals surface area contributed by atoms with Crippen molar-refractivity contribution in [1.82, 2.24) is 0 Å². The number of aliphatic carboxylic acids is 1. The molecule has 0 saturated heterocycles. The Balaban J connectivity index is 2.51. The van der Waals surface area contributed by atoms with Crippen LogP contribution >= 0.6 is 0 Å². The van der Waals surface area contributed by atoms with Crippen LogP contribution < -0.4 is 0 Å². The average Bonchev–Trinajstić information content (AvgIpc) is 3.11. The lowest BCUT2D eigenvalue weighted by Gasteiger charge is -2.11. The van der Waals surface area contributed by atoms with Gasteiger partial charge in [-0.05, 0) is 12.5 Å². The lowest BCUT2D eigenvalue weighted by atomic mass is 9.99. The van der Waals surface area contributed by atoms with Crippen LogP contribution in [-0.2, 0) is 19.4 Å². The fourth-order valence-electron chi connectivity index (χ4n) is 3.09. The Kier molecular flexibility index (Phi) is 4.13. The summed E-state index contributed by atoms with van der Waals surface area (Å²) >= 11 is 0. The molecule has 1 aromatic rings. The van der Waals surface area contributed by atoms with Crippen molar-refractivity contribution < 1.29 is 23.1 Å². The second-order valence-corrected chi connectivity index (χ2v) is 7.95. The maximum absolute atomic E-state index is 12.3. The van der Waals surface area contributed by atoms with Crippen molar-refractivity contribution in [3.05, 3.63) is 35.4 Å². The molecule has 1 fully saturated rings. The molecule has 0 heterocycles. The Morgan fingerprint density at radius 3 is 2.33 bits per heavy atom. The van der Waals surface area contributed by atoms with E-state index in [1.807, 2.05) is 19.1 Å². The number of benzene rings is 1. The van der Waals surface area contributed by atoms with Crippen LogP contribution in [0.3, 0.4) is 0 Å². The van der Waals surface area contributed by atoms with Gasteiger partial charge in [-0.2, -0.15) is 0 Å². The third-order valence-electron chi connectivity index (χ3n) is 4.26. The molecule has 1 saturated carbocycles. The minimum Gasteiger partial charge on any atom is -0.481 e. The van der Waals surface area contributed by atoms with Crippen molar-refractivity contribution in [3.8, 4) is 0 Å². The summed E-state index contributed by atoms with van der Waals surface area (Å²) in [6.45, 7) is 3.36. The first kappa shape index (κ1) is 16.0. The Labute approximate surface area is 124 Å². The second kappa shape index (κ2) is 5.42. The zero-order chi connectivity index (χ0) is 15.8. The Bertz CT molecular complexity index is 635. The number of sulfone groups is 1. The van der Waals surface area contributed by atoms with Gasteiger partial charge in [0.05, 0.1) is 11.9 Å². The first-order valence-corrected chi connectivity index (χ1v) is 8.53. The Morgan fingerprint density at radius 2 is 1.90 bits per heavy atom. The van der Waals surface area contributed by atoms with Gasteiger partial charge in [-0.25, -0.2) is 8.42 Å². The number of ether oxygens (including phenoxy) is 1. The molecule has 0 bridgehead atoms. The van der Waals surface area contributed by atoms with Crippen LogP contribution in [0.5, 0.6) is 0 Å². The molecule has 1 aliphatic carbocycles. The van der Waals surface area contributed by atoms with Crippen molar-refractivity contribution in [2.45, 2.75) is 25.0 Å². The van der Waals surface area contributed by atoms with Gasteiger partial charge in [0, 0.05) is 18.8 Å². The predicted octanol–water partition coefficient (Wildman–Crippen LogP) is 1.61. The first-order chi connectivity index (χ1) is 9.81. The summed E-state index contributed by atoms with van der Waals surface area (Å²) in [6, 6.07) is 7.34. The first-order valence-electron chi connectivity index (χ1n) is 6.81. The van der Waals surface area contributed by atoms with E-state index in [1.54, 1.807) is 19.1 Å². The van der Waals surface area contributed by atoms with Gasteiger partial charge in [-0.15, -0.1) is 0 Å². The lowest BCUT2D eigenvalue weighted by Crippen LogP contribution is -2.29. The summed E-state index contributed by atoms with van der Waals surface area (Å²) in [5.74, 6) is -1.74. The number of hydrogen-bond acceptors (Lipinski definition) is 4. The van der Waals surface area contributed by atoms with Crippen LogP contribution in [0.25, 0.3) is 0 Å². The molecule has 0 aliphatic heterocycles. The van der Waals surface area contributed by atoms with Crippen molar-refractivity contribution in [2.24, 2.45) is 5.41 Å². The van der Waals surface area contributed by atoms with E-state index < -0.39 is 32.4 Å². The standard InChI is InChI=1S/C15H20O5S/c1-4-21(18,19)13-12(11-7-5-10(2)6-8-11)15(13,9-20-3)14(16)17/h5-8,12-13H,4,9H2,1-3H3,(H,16,17)/t12-,13+,15-/m0/s1. The van der Waals surface area contributed by atoms with E-state index in [1.165, 1.54) is 7.11 Å². The number of aryl methyl sites for hydroxylation is 1. The fraction of sp³-hybridized carbons (Fsp3) is 0.533. The van der Waals surface area contributed by atoms with Crippen LogP contribution in [0, 0.1) is 12.3 Å². The normalized spacial score (nSPS) is 28.3. The van der Waals surface area contributed by atoms with Crippen LogP contribution in [-0.4, -0.2) is 44.2 Å². The Hall–Kier alpha value is -1.40. The molecule has 0 amide bonds. The molecular formula is C15H20O5S. The molecule has 1 aromatic carbocycles. The van der Waals surface area contributed by atoms with E-state index in [9.17, 15) is 18.3 Å². The van der Waals surface area contributed by atoms with Gasteiger partial charge in [-0.1, -0.05) is 36.8 Å². The third-order valence-corrected chi connectivity index (χ3v) is 6.53. The number of rotatable bonds is 6. The number of methoxy groups -OCH3 is 1. The molecular weight excluding hydrogens is 292 g/mol. The zero-order valence-electron chi connectivity index (χ0n) is 12.4. The van der Waals surface area contributed by atoms with Crippen molar-refractivity contribution in [2.75, 3.05) is 19.5 Å². The molecule has 1 aliphatic rings. The summed E-state index contributed by atoms with van der Waals surface area (Å²) in [5.41, 5.74) is 0.405. The molecule has 3 atom stereocenters. The molecule has 5 nitrogen and oxygen atoms in total.